The molecule has 2 unspecified atom stereocenters. The van der Waals surface area contributed by atoms with Gasteiger partial charge in [-0.05, 0) is 88.1 Å². The Kier molecular flexibility index (Phi) is 24.7. The van der Waals surface area contributed by atoms with E-state index in [1.165, 1.54) is 31.2 Å². The summed E-state index contributed by atoms with van der Waals surface area (Å²) >= 11 is 0. The number of primary amides is 1. The first-order chi connectivity index (χ1) is 32.1. The number of carboxylic acid groups (broad SMARTS) is 1. The maximum Gasteiger partial charge on any atom is 0.329 e. The van der Waals surface area contributed by atoms with Gasteiger partial charge >= 0.3 is 11.9 Å². The molecule has 68 heavy (non-hydrogen) atoms. The van der Waals surface area contributed by atoms with Crippen molar-refractivity contribution in [2.75, 3.05) is 13.1 Å². The largest absolute Gasteiger partial charge is 0.508 e. The smallest absolute Gasteiger partial charge is 0.329 e. The van der Waals surface area contributed by atoms with E-state index in [0.29, 0.717) is 30.5 Å². The number of Topliss-reactive ketones (excluding diaryl/α,β-unsaturated/α-hetero) is 1. The lowest BCUT2D eigenvalue weighted by atomic mass is 10.0. The molecule has 374 valence electrons. The molecule has 0 fully saturated rings. The number of amides is 6. The monoisotopic (exact) mass is 953 g/mol. The molecule has 7 atom stereocenters. The molecule has 16 N–H and O–H groups in total. The van der Waals surface area contributed by atoms with Crippen LogP contribution in [0.4, 0.5) is 0 Å². The molecule has 2 aromatic carbocycles. The van der Waals surface area contributed by atoms with E-state index in [0.717, 1.165) is 6.92 Å². The molecular weight excluding hydrogens is 887 g/mol. The number of nitrogens with two attached hydrogens (primary N) is 4. The number of carbonyl (C=O) groups excluding carboxylic acids is 8. The average Bonchev–Trinajstić information content (AvgIpc) is 3.27. The highest BCUT2D eigenvalue weighted by molar-refractivity contribution is 6.08. The SMILES string of the molecule is CC(=O)[C@@H](NC(=O)[C@@H](Cc1ccc(O)cc1)NC(=O)C(N)CCCCN=C(N)N)C(=O)N[C@H](CCNC(CCC(=O)O)C(=O)N[C@H](CC(C)C)C(=O)N[C@H](C)C(N)=O)C(=O)OCc1ccccc1. The Morgan fingerprint density at radius 3 is 1.87 bits per heavy atom. The van der Waals surface area contributed by atoms with Gasteiger partial charge in [-0.1, -0.05) is 56.3 Å². The van der Waals surface area contributed by atoms with Crippen molar-refractivity contribution in [2.45, 2.75) is 128 Å². The van der Waals surface area contributed by atoms with E-state index >= 15 is 0 Å². The van der Waals surface area contributed by atoms with E-state index in [-0.39, 0.29) is 62.9 Å². The molecule has 0 radical (unpaired) electrons. The molecule has 0 heterocycles. The fourth-order valence-corrected chi connectivity index (χ4v) is 6.45. The van der Waals surface area contributed by atoms with Crippen molar-refractivity contribution >= 4 is 59.1 Å². The van der Waals surface area contributed by atoms with Gasteiger partial charge in [0.25, 0.3) is 5.91 Å². The maximum absolute atomic E-state index is 13.9. The minimum Gasteiger partial charge on any atom is -0.508 e. The number of hydrogen-bond acceptors (Lipinski definition) is 14. The van der Waals surface area contributed by atoms with Crippen LogP contribution in [0.3, 0.4) is 0 Å². The van der Waals surface area contributed by atoms with Crippen LogP contribution in [0.15, 0.2) is 59.6 Å². The van der Waals surface area contributed by atoms with Gasteiger partial charge in [0.15, 0.2) is 17.8 Å². The Bertz CT molecular complexity index is 2050. The second kappa shape index (κ2) is 29.5. The summed E-state index contributed by atoms with van der Waals surface area (Å²) in [5.74, 6) is -8.39. The number of ether oxygens (including phenoxy) is 1. The number of phenols is 1. The van der Waals surface area contributed by atoms with E-state index in [4.69, 9.17) is 27.7 Å². The predicted molar refractivity (Wildman–Crippen MR) is 248 cm³/mol. The van der Waals surface area contributed by atoms with Crippen molar-refractivity contribution < 1.29 is 58.1 Å². The average molecular weight is 954 g/mol. The van der Waals surface area contributed by atoms with Crippen LogP contribution in [0.1, 0.15) is 83.8 Å². The molecule has 0 aliphatic heterocycles. The minimum absolute atomic E-state index is 0.0614. The van der Waals surface area contributed by atoms with Crippen molar-refractivity contribution in [3.05, 3.63) is 65.7 Å². The number of carbonyl (C=O) groups is 9. The molecule has 0 aromatic heterocycles. The fourth-order valence-electron chi connectivity index (χ4n) is 6.45. The number of nitrogens with zero attached hydrogens (tertiary/aromatic N) is 1. The van der Waals surface area contributed by atoms with E-state index in [9.17, 15) is 53.4 Å². The molecule has 0 spiro atoms. The third kappa shape index (κ3) is 21.9. The second-order valence-electron chi connectivity index (χ2n) is 16.6. The number of benzene rings is 2. The second-order valence-corrected chi connectivity index (χ2v) is 16.6. The molecule has 0 saturated carbocycles. The van der Waals surface area contributed by atoms with Gasteiger partial charge in [-0.15, -0.1) is 0 Å². The minimum atomic E-state index is -1.90. The van der Waals surface area contributed by atoms with E-state index in [1.807, 2.05) is 0 Å². The zero-order chi connectivity index (χ0) is 50.9. The van der Waals surface area contributed by atoms with Crippen LogP contribution >= 0.6 is 0 Å². The van der Waals surface area contributed by atoms with Gasteiger partial charge in [0.2, 0.25) is 29.5 Å². The molecule has 0 bridgehead atoms. The van der Waals surface area contributed by atoms with Gasteiger partial charge in [0.1, 0.15) is 36.5 Å². The number of guanidine groups is 1. The lowest BCUT2D eigenvalue weighted by Gasteiger charge is -2.26. The summed E-state index contributed by atoms with van der Waals surface area (Å²) in [7, 11) is 0. The van der Waals surface area contributed by atoms with Crippen LogP contribution in [0.25, 0.3) is 0 Å². The topological polar surface area (TPSA) is 392 Å². The number of aliphatic imine (C=N–C) groups is 1. The lowest BCUT2D eigenvalue weighted by molar-refractivity contribution is -0.150. The van der Waals surface area contributed by atoms with Crippen molar-refractivity contribution in [1.82, 2.24) is 31.9 Å². The number of nitrogens with one attached hydrogen (secondary N) is 6. The molecule has 2 rings (SSSR count). The van der Waals surface area contributed by atoms with Gasteiger partial charge in [0, 0.05) is 19.4 Å². The number of ketones is 1. The maximum atomic E-state index is 13.9. The Balaban J connectivity index is 2.36. The number of aromatic hydroxyl groups is 1. The van der Waals surface area contributed by atoms with Gasteiger partial charge < -0.3 is 69.8 Å². The quantitative estimate of drug-likeness (QED) is 0.0131. The normalized spacial score (nSPS) is 14.0. The summed E-state index contributed by atoms with van der Waals surface area (Å²) in [4.78, 5) is 122. The first-order valence-corrected chi connectivity index (χ1v) is 22.1. The molecule has 0 aliphatic rings. The number of esters is 1. The molecule has 2 aromatic rings. The lowest BCUT2D eigenvalue weighted by Crippen LogP contribution is -2.59. The molecular formula is C45H67N11O12. The number of phenolic OH excluding ortho intramolecular Hbond substituents is 1. The zero-order valence-electron chi connectivity index (χ0n) is 38.8. The van der Waals surface area contributed by atoms with Crippen LogP contribution in [-0.4, -0.2) is 125 Å². The highest BCUT2D eigenvalue weighted by atomic mass is 16.5. The van der Waals surface area contributed by atoms with Crippen LogP contribution in [-0.2, 0) is 60.9 Å². The van der Waals surface area contributed by atoms with Gasteiger partial charge in [-0.2, -0.15) is 0 Å². The Morgan fingerprint density at radius 2 is 1.28 bits per heavy atom. The summed E-state index contributed by atoms with van der Waals surface area (Å²) in [5.41, 5.74) is 23.2. The standard InChI is InChI=1S/C45H67N11O12/c1-25(2)22-34(41(64)52-26(3)38(47)61)55-40(63)32(17-18-36(59)60)50-21-19-33(44(67)68-24-29-10-6-5-7-11-29)53-43(66)37(27(4)57)56-42(65)35(23-28-13-15-30(58)16-14-28)54-39(62)31(46)12-8-9-20-51-45(48)49/h5-7,10-11,13-16,25-26,31-35,37,50,58H,8-9,12,17-24,46H2,1-4H3,(H2,47,61)(H,52,64)(H,53,66)(H,54,62)(H,55,63)(H,56,65)(H,59,60)(H4,48,49,51)/t26-,31?,32?,33-,34-,35-,37-/m1/s1. The zero-order valence-corrected chi connectivity index (χ0v) is 38.8. The highest BCUT2D eigenvalue weighted by Gasteiger charge is 2.34. The predicted octanol–water partition coefficient (Wildman–Crippen LogP) is -1.77. The summed E-state index contributed by atoms with van der Waals surface area (Å²) < 4.78 is 5.51. The number of rotatable bonds is 31. The summed E-state index contributed by atoms with van der Waals surface area (Å²) in [5, 5.41) is 34.6. The molecule has 6 amide bonds. The summed E-state index contributed by atoms with van der Waals surface area (Å²) in [6.45, 7) is 5.83. The Hall–Kier alpha value is -7.14. The van der Waals surface area contributed by atoms with Crippen molar-refractivity contribution in [2.24, 2.45) is 33.8 Å². The first kappa shape index (κ1) is 57.0. The van der Waals surface area contributed by atoms with E-state index in [1.54, 1.807) is 44.2 Å². The highest BCUT2D eigenvalue weighted by Crippen LogP contribution is 2.13. The number of carboxylic acids is 1. The first-order valence-electron chi connectivity index (χ1n) is 22.1. The number of hydrogen-bond donors (Lipinski definition) is 12. The van der Waals surface area contributed by atoms with Crippen molar-refractivity contribution in [3.8, 4) is 5.75 Å². The summed E-state index contributed by atoms with van der Waals surface area (Å²) in [6, 6.07) is 4.96. The van der Waals surface area contributed by atoms with Crippen LogP contribution in [0, 0.1) is 5.92 Å². The third-order valence-corrected chi connectivity index (χ3v) is 10.3. The van der Waals surface area contributed by atoms with Crippen LogP contribution in [0.5, 0.6) is 5.75 Å². The molecule has 0 aliphatic carbocycles. The van der Waals surface area contributed by atoms with E-state index in [2.05, 4.69) is 36.9 Å². The van der Waals surface area contributed by atoms with Gasteiger partial charge in [-0.3, -0.25) is 43.3 Å². The molecule has 23 heteroatoms. The number of aliphatic carboxylic acids is 1. The number of unbranched alkanes of at least 4 members (excludes halogenated alkanes) is 1. The fraction of sp³-hybridized carbons (Fsp3) is 0.511. The van der Waals surface area contributed by atoms with E-state index < -0.39 is 102 Å². The molecule has 0 saturated heterocycles. The third-order valence-electron chi connectivity index (χ3n) is 10.3. The molecule has 23 nitrogen and oxygen atoms in total. The Labute approximate surface area is 394 Å². The van der Waals surface area contributed by atoms with Gasteiger partial charge in [0.05, 0.1) is 12.1 Å². The Morgan fingerprint density at radius 1 is 0.676 bits per heavy atom. The van der Waals surface area contributed by atoms with Crippen LogP contribution < -0.4 is 54.8 Å². The summed E-state index contributed by atoms with van der Waals surface area (Å²) in [6.07, 6.45) is 0.112. The van der Waals surface area contributed by atoms with Crippen molar-refractivity contribution in [1.29, 1.82) is 0 Å². The van der Waals surface area contributed by atoms with Gasteiger partial charge in [-0.25, -0.2) is 4.79 Å². The van der Waals surface area contributed by atoms with Crippen LogP contribution in [0.2, 0.25) is 0 Å². The van der Waals surface area contributed by atoms with Crippen molar-refractivity contribution in [3.63, 3.8) is 0 Å².